The Balaban J connectivity index is 2.10. The Morgan fingerprint density at radius 3 is 2.45 bits per heavy atom. The molecule has 0 aromatic heterocycles. The van der Waals surface area contributed by atoms with E-state index in [-0.39, 0.29) is 0 Å². The van der Waals surface area contributed by atoms with Gasteiger partial charge in [0, 0.05) is 16.5 Å². The summed E-state index contributed by atoms with van der Waals surface area (Å²) in [6.45, 7) is 7.90. The second-order valence-corrected chi connectivity index (χ2v) is 6.92. The van der Waals surface area contributed by atoms with Crippen molar-refractivity contribution in [3.63, 3.8) is 0 Å². The topological polar surface area (TPSA) is 12.0 Å². The molecule has 2 aromatic carbocycles. The summed E-state index contributed by atoms with van der Waals surface area (Å²) in [5.74, 6) is 0.715. The van der Waals surface area contributed by atoms with Crippen molar-refractivity contribution in [2.45, 2.75) is 33.2 Å². The van der Waals surface area contributed by atoms with Gasteiger partial charge >= 0.3 is 0 Å². The molecular formula is C18H22ClN. The fraction of sp³-hybridized carbons (Fsp3) is 0.444. The molecule has 3 rings (SSSR count). The van der Waals surface area contributed by atoms with Crippen LogP contribution in [0.15, 0.2) is 36.4 Å². The summed E-state index contributed by atoms with van der Waals surface area (Å²) in [6.07, 6.45) is 1.29. The van der Waals surface area contributed by atoms with E-state index >= 15 is 0 Å². The Hall–Kier alpha value is -1.05. The number of rotatable bonds is 4. The van der Waals surface area contributed by atoms with E-state index in [1.807, 2.05) is 6.07 Å². The van der Waals surface area contributed by atoms with Crippen molar-refractivity contribution in [2.24, 2.45) is 11.3 Å². The molecule has 0 amide bonds. The highest BCUT2D eigenvalue weighted by atomic mass is 35.5. The molecule has 2 atom stereocenters. The number of fused-ring (bicyclic) bond motifs is 1. The van der Waals surface area contributed by atoms with Crippen molar-refractivity contribution in [2.75, 3.05) is 6.54 Å². The molecule has 20 heavy (non-hydrogen) atoms. The minimum absolute atomic E-state index is 0.428. The first kappa shape index (κ1) is 13.9. The molecule has 1 aliphatic rings. The molecule has 1 fully saturated rings. The summed E-state index contributed by atoms with van der Waals surface area (Å²) in [4.78, 5) is 0. The van der Waals surface area contributed by atoms with Crippen molar-refractivity contribution < 1.29 is 0 Å². The van der Waals surface area contributed by atoms with Gasteiger partial charge in [-0.25, -0.2) is 0 Å². The van der Waals surface area contributed by atoms with E-state index in [2.05, 4.69) is 56.4 Å². The van der Waals surface area contributed by atoms with Gasteiger partial charge in [0.05, 0.1) is 0 Å². The second-order valence-electron chi connectivity index (χ2n) is 6.52. The van der Waals surface area contributed by atoms with Crippen molar-refractivity contribution in [3.8, 4) is 0 Å². The Bertz CT molecular complexity index is 632. The minimum atomic E-state index is 0.428. The SMILES string of the molecule is CCNC(c1ccc(Cl)c2ccccc12)C1CC1(C)C. The van der Waals surface area contributed by atoms with Gasteiger partial charge in [-0.05, 0) is 41.3 Å². The maximum absolute atomic E-state index is 6.34. The molecular weight excluding hydrogens is 266 g/mol. The third-order valence-corrected chi connectivity index (χ3v) is 4.99. The quantitative estimate of drug-likeness (QED) is 0.816. The number of hydrogen-bond acceptors (Lipinski definition) is 1. The highest BCUT2D eigenvalue weighted by Gasteiger charge is 2.50. The van der Waals surface area contributed by atoms with Gasteiger partial charge in [0.2, 0.25) is 0 Å². The molecule has 0 spiro atoms. The van der Waals surface area contributed by atoms with E-state index in [1.54, 1.807) is 0 Å². The molecule has 0 heterocycles. The van der Waals surface area contributed by atoms with Crippen LogP contribution in [-0.4, -0.2) is 6.54 Å². The lowest BCUT2D eigenvalue weighted by Gasteiger charge is -2.22. The molecule has 2 unspecified atom stereocenters. The molecule has 2 aromatic rings. The molecule has 1 nitrogen and oxygen atoms in total. The summed E-state index contributed by atoms with van der Waals surface area (Å²) in [5.41, 5.74) is 1.84. The van der Waals surface area contributed by atoms with Crippen LogP contribution in [0.2, 0.25) is 5.02 Å². The molecule has 0 bridgehead atoms. The first-order chi connectivity index (χ1) is 9.54. The normalized spacial score (nSPS) is 21.9. The van der Waals surface area contributed by atoms with E-state index in [9.17, 15) is 0 Å². The fourth-order valence-electron chi connectivity index (χ4n) is 3.32. The van der Waals surface area contributed by atoms with E-state index in [0.717, 1.165) is 17.0 Å². The van der Waals surface area contributed by atoms with Crippen LogP contribution in [0.4, 0.5) is 0 Å². The number of nitrogens with one attached hydrogen (secondary N) is 1. The first-order valence-electron chi connectivity index (χ1n) is 7.45. The van der Waals surface area contributed by atoms with Gasteiger partial charge < -0.3 is 5.32 Å². The maximum atomic E-state index is 6.34. The van der Waals surface area contributed by atoms with Crippen LogP contribution in [-0.2, 0) is 0 Å². The van der Waals surface area contributed by atoms with Gasteiger partial charge in [-0.1, -0.05) is 62.7 Å². The van der Waals surface area contributed by atoms with Crippen molar-refractivity contribution in [1.29, 1.82) is 0 Å². The van der Waals surface area contributed by atoms with Gasteiger partial charge in [0.1, 0.15) is 0 Å². The molecule has 1 N–H and O–H groups in total. The van der Waals surface area contributed by atoms with Crippen LogP contribution < -0.4 is 5.32 Å². The lowest BCUT2D eigenvalue weighted by atomic mass is 9.92. The van der Waals surface area contributed by atoms with Crippen molar-refractivity contribution >= 4 is 22.4 Å². The van der Waals surface area contributed by atoms with E-state index in [4.69, 9.17) is 11.6 Å². The molecule has 0 radical (unpaired) electrons. The zero-order chi connectivity index (χ0) is 14.3. The van der Waals surface area contributed by atoms with Gasteiger partial charge in [0.25, 0.3) is 0 Å². The summed E-state index contributed by atoms with van der Waals surface area (Å²) in [6, 6.07) is 13.1. The molecule has 0 aliphatic heterocycles. The summed E-state index contributed by atoms with van der Waals surface area (Å²) < 4.78 is 0. The zero-order valence-corrected chi connectivity index (χ0v) is 13.2. The predicted molar refractivity (Wildman–Crippen MR) is 87.3 cm³/mol. The van der Waals surface area contributed by atoms with Crippen molar-refractivity contribution in [1.82, 2.24) is 5.32 Å². The molecule has 106 valence electrons. The highest BCUT2D eigenvalue weighted by Crippen LogP contribution is 2.58. The summed E-state index contributed by atoms with van der Waals surface area (Å²) in [7, 11) is 0. The van der Waals surface area contributed by atoms with Crippen LogP contribution in [0.5, 0.6) is 0 Å². The van der Waals surface area contributed by atoms with Crippen LogP contribution >= 0.6 is 11.6 Å². The summed E-state index contributed by atoms with van der Waals surface area (Å²) in [5, 5.41) is 6.97. The standard InChI is InChI=1S/C18H22ClN/c1-4-20-17(15-11-18(15,2)3)14-9-10-16(19)13-8-6-5-7-12(13)14/h5-10,15,17,20H,4,11H2,1-3H3. The smallest absolute Gasteiger partial charge is 0.0484 e. The van der Waals surface area contributed by atoms with E-state index in [0.29, 0.717) is 17.4 Å². The lowest BCUT2D eigenvalue weighted by molar-refractivity contribution is 0.425. The first-order valence-corrected chi connectivity index (χ1v) is 7.83. The van der Waals surface area contributed by atoms with E-state index < -0.39 is 0 Å². The lowest BCUT2D eigenvalue weighted by Crippen LogP contribution is -2.24. The van der Waals surface area contributed by atoms with Gasteiger partial charge in [0.15, 0.2) is 0 Å². The van der Waals surface area contributed by atoms with Crippen LogP contribution in [0, 0.1) is 11.3 Å². The van der Waals surface area contributed by atoms with Gasteiger partial charge in [-0.3, -0.25) is 0 Å². The fourth-order valence-corrected chi connectivity index (χ4v) is 3.55. The second kappa shape index (κ2) is 5.05. The van der Waals surface area contributed by atoms with Crippen LogP contribution in [0.25, 0.3) is 10.8 Å². The van der Waals surface area contributed by atoms with Crippen LogP contribution in [0.1, 0.15) is 38.8 Å². The zero-order valence-electron chi connectivity index (χ0n) is 12.4. The van der Waals surface area contributed by atoms with E-state index in [1.165, 1.54) is 17.4 Å². The average Bonchev–Trinajstić information content (AvgIpc) is 3.06. The third kappa shape index (κ3) is 2.34. The molecule has 1 aliphatic carbocycles. The predicted octanol–water partition coefficient (Wildman–Crippen LogP) is 5.19. The summed E-state index contributed by atoms with van der Waals surface area (Å²) >= 11 is 6.34. The molecule has 1 saturated carbocycles. The van der Waals surface area contributed by atoms with Gasteiger partial charge in [-0.15, -0.1) is 0 Å². The maximum Gasteiger partial charge on any atom is 0.0484 e. The highest BCUT2D eigenvalue weighted by molar-refractivity contribution is 6.35. The number of hydrogen-bond donors (Lipinski definition) is 1. The third-order valence-electron chi connectivity index (χ3n) is 4.66. The Labute approximate surface area is 126 Å². The minimum Gasteiger partial charge on any atom is -0.310 e. The monoisotopic (exact) mass is 287 g/mol. The Morgan fingerprint density at radius 1 is 1.20 bits per heavy atom. The number of halogens is 1. The largest absolute Gasteiger partial charge is 0.310 e. The Kier molecular flexibility index (Phi) is 3.51. The van der Waals surface area contributed by atoms with Crippen LogP contribution in [0.3, 0.4) is 0 Å². The molecule has 2 heteroatoms. The average molecular weight is 288 g/mol. The number of benzene rings is 2. The van der Waals surface area contributed by atoms with Crippen molar-refractivity contribution in [3.05, 3.63) is 47.0 Å². The van der Waals surface area contributed by atoms with Gasteiger partial charge in [-0.2, -0.15) is 0 Å². The molecule has 0 saturated heterocycles. The Morgan fingerprint density at radius 2 is 1.85 bits per heavy atom.